The fraction of sp³-hybridized carbons (Fsp3) is 0.533. The van der Waals surface area contributed by atoms with Gasteiger partial charge in [0.25, 0.3) is 0 Å². The van der Waals surface area contributed by atoms with Crippen LogP contribution < -0.4 is 9.47 Å². The number of carboxylic acids is 1. The predicted molar refractivity (Wildman–Crippen MR) is 79.4 cm³/mol. The molecule has 0 saturated heterocycles. The summed E-state index contributed by atoms with van der Waals surface area (Å²) in [6.07, 6.45) is 0.466. The van der Waals surface area contributed by atoms with Crippen LogP contribution in [-0.4, -0.2) is 24.3 Å². The van der Waals surface area contributed by atoms with E-state index in [0.29, 0.717) is 31.1 Å². The highest BCUT2D eigenvalue weighted by molar-refractivity contribution is 9.10. The average molecular weight is 343 g/mol. The van der Waals surface area contributed by atoms with E-state index in [0.717, 1.165) is 10.0 Å². The van der Waals surface area contributed by atoms with Crippen molar-refractivity contribution in [1.82, 2.24) is 0 Å². The van der Waals surface area contributed by atoms with E-state index in [1.54, 1.807) is 6.92 Å². The van der Waals surface area contributed by atoms with E-state index in [2.05, 4.69) is 29.8 Å². The maximum atomic E-state index is 10.9. The fourth-order valence-electron chi connectivity index (χ4n) is 2.01. The molecule has 0 aromatic heterocycles. The minimum absolute atomic E-state index is 0.0486. The highest BCUT2D eigenvalue weighted by Gasteiger charge is 2.27. The third kappa shape index (κ3) is 3.45. The number of rotatable bonds is 3. The fourth-order valence-corrected chi connectivity index (χ4v) is 2.61. The van der Waals surface area contributed by atoms with E-state index in [1.165, 1.54) is 0 Å². The summed E-state index contributed by atoms with van der Waals surface area (Å²) >= 11 is 3.48. The number of benzene rings is 1. The molecule has 110 valence electrons. The Labute approximate surface area is 127 Å². The Hall–Kier alpha value is -1.23. The first-order chi connectivity index (χ1) is 9.28. The minimum Gasteiger partial charge on any atom is -0.489 e. The second-order valence-electron chi connectivity index (χ2n) is 6.09. The van der Waals surface area contributed by atoms with Gasteiger partial charge in [0.2, 0.25) is 0 Å². The first-order valence-corrected chi connectivity index (χ1v) is 7.38. The SMILES string of the molecule is CC(Cc1cc(Br)c2c(c1)OCC(C)(C)CO2)C(=O)O. The van der Waals surface area contributed by atoms with Crippen LogP contribution in [0.15, 0.2) is 16.6 Å². The number of hydrogen-bond acceptors (Lipinski definition) is 3. The summed E-state index contributed by atoms with van der Waals surface area (Å²) in [5.74, 6) is 0.150. The Morgan fingerprint density at radius 1 is 1.40 bits per heavy atom. The van der Waals surface area contributed by atoms with Gasteiger partial charge >= 0.3 is 5.97 Å². The van der Waals surface area contributed by atoms with Crippen LogP contribution in [-0.2, 0) is 11.2 Å². The van der Waals surface area contributed by atoms with Gasteiger partial charge in [0.1, 0.15) is 0 Å². The zero-order valence-corrected chi connectivity index (χ0v) is 13.5. The summed E-state index contributed by atoms with van der Waals surface area (Å²) in [5.41, 5.74) is 0.876. The molecule has 4 nitrogen and oxygen atoms in total. The van der Waals surface area contributed by atoms with Crippen LogP contribution in [0.1, 0.15) is 26.3 Å². The molecule has 0 radical (unpaired) electrons. The Bertz CT molecular complexity index is 525. The molecule has 5 heteroatoms. The van der Waals surface area contributed by atoms with Gasteiger partial charge in [-0.05, 0) is 40.0 Å². The standard InChI is InChI=1S/C15H19BrO4/c1-9(14(17)18)4-10-5-11(16)13-12(6-10)19-7-15(2,3)8-20-13/h5-6,9H,4,7-8H2,1-3H3,(H,17,18). The van der Waals surface area contributed by atoms with E-state index < -0.39 is 11.9 Å². The maximum Gasteiger partial charge on any atom is 0.306 e. The molecule has 2 rings (SSSR count). The van der Waals surface area contributed by atoms with Crippen molar-refractivity contribution in [2.45, 2.75) is 27.2 Å². The molecule has 1 N–H and O–H groups in total. The summed E-state index contributed by atoms with van der Waals surface area (Å²) in [4.78, 5) is 10.9. The molecule has 1 aromatic rings. The van der Waals surface area contributed by atoms with Crippen molar-refractivity contribution < 1.29 is 19.4 Å². The van der Waals surface area contributed by atoms with E-state index in [9.17, 15) is 4.79 Å². The molecule has 1 unspecified atom stereocenters. The van der Waals surface area contributed by atoms with Gasteiger partial charge in [0, 0.05) is 5.41 Å². The zero-order chi connectivity index (χ0) is 14.9. The van der Waals surface area contributed by atoms with Crippen molar-refractivity contribution in [3.63, 3.8) is 0 Å². The average Bonchev–Trinajstić information content (AvgIpc) is 2.49. The van der Waals surface area contributed by atoms with Gasteiger partial charge < -0.3 is 14.6 Å². The molecule has 1 aliphatic heterocycles. The quantitative estimate of drug-likeness (QED) is 0.913. The third-order valence-corrected chi connectivity index (χ3v) is 3.85. The molecule has 1 heterocycles. The van der Waals surface area contributed by atoms with Crippen molar-refractivity contribution in [2.24, 2.45) is 11.3 Å². The van der Waals surface area contributed by atoms with E-state index in [1.807, 2.05) is 12.1 Å². The number of carbonyl (C=O) groups is 1. The van der Waals surface area contributed by atoms with Crippen LogP contribution in [0.2, 0.25) is 0 Å². The van der Waals surface area contributed by atoms with Gasteiger partial charge in [-0.15, -0.1) is 0 Å². The number of carboxylic acid groups (broad SMARTS) is 1. The topological polar surface area (TPSA) is 55.8 Å². The van der Waals surface area contributed by atoms with Crippen LogP contribution in [0.3, 0.4) is 0 Å². The molecule has 0 amide bonds. The molecule has 0 aliphatic carbocycles. The molecular weight excluding hydrogens is 324 g/mol. The Morgan fingerprint density at radius 2 is 2.05 bits per heavy atom. The molecule has 20 heavy (non-hydrogen) atoms. The highest BCUT2D eigenvalue weighted by Crippen LogP contribution is 2.40. The van der Waals surface area contributed by atoms with Gasteiger partial charge in [-0.1, -0.05) is 20.8 Å². The second kappa shape index (κ2) is 5.64. The lowest BCUT2D eigenvalue weighted by Crippen LogP contribution is -2.26. The Balaban J connectivity index is 2.27. The largest absolute Gasteiger partial charge is 0.489 e. The van der Waals surface area contributed by atoms with Crippen molar-refractivity contribution in [3.8, 4) is 11.5 Å². The molecule has 1 aliphatic rings. The van der Waals surface area contributed by atoms with Crippen molar-refractivity contribution in [2.75, 3.05) is 13.2 Å². The molecular formula is C15H19BrO4. The molecule has 0 bridgehead atoms. The van der Waals surface area contributed by atoms with Crippen LogP contribution in [0.4, 0.5) is 0 Å². The number of fused-ring (bicyclic) bond motifs is 1. The van der Waals surface area contributed by atoms with Crippen molar-refractivity contribution in [3.05, 3.63) is 22.2 Å². The van der Waals surface area contributed by atoms with Crippen molar-refractivity contribution >= 4 is 21.9 Å². The van der Waals surface area contributed by atoms with Crippen LogP contribution in [0, 0.1) is 11.3 Å². The summed E-state index contributed by atoms with van der Waals surface area (Å²) in [6.45, 7) is 7.02. The summed E-state index contributed by atoms with van der Waals surface area (Å²) in [6, 6.07) is 3.78. The number of ether oxygens (including phenoxy) is 2. The van der Waals surface area contributed by atoms with E-state index >= 15 is 0 Å². The number of hydrogen-bond donors (Lipinski definition) is 1. The summed E-state index contributed by atoms with van der Waals surface area (Å²) in [7, 11) is 0. The van der Waals surface area contributed by atoms with E-state index in [-0.39, 0.29) is 5.41 Å². The van der Waals surface area contributed by atoms with Gasteiger partial charge in [-0.3, -0.25) is 4.79 Å². The molecule has 0 fully saturated rings. The van der Waals surface area contributed by atoms with Crippen LogP contribution >= 0.6 is 15.9 Å². The maximum absolute atomic E-state index is 10.9. The van der Waals surface area contributed by atoms with Crippen LogP contribution in [0.25, 0.3) is 0 Å². The molecule has 1 aromatic carbocycles. The summed E-state index contributed by atoms with van der Waals surface area (Å²) < 4.78 is 12.4. The number of halogens is 1. The van der Waals surface area contributed by atoms with Gasteiger partial charge in [0.05, 0.1) is 23.6 Å². The molecule has 0 saturated carbocycles. The molecule has 1 atom stereocenters. The Morgan fingerprint density at radius 3 is 2.70 bits per heavy atom. The molecule has 0 spiro atoms. The second-order valence-corrected chi connectivity index (χ2v) is 6.94. The monoisotopic (exact) mass is 342 g/mol. The highest BCUT2D eigenvalue weighted by atomic mass is 79.9. The summed E-state index contributed by atoms with van der Waals surface area (Å²) in [5, 5.41) is 9.00. The normalized spacial score (nSPS) is 18.2. The van der Waals surface area contributed by atoms with Gasteiger partial charge in [-0.2, -0.15) is 0 Å². The van der Waals surface area contributed by atoms with Gasteiger partial charge in [0.15, 0.2) is 11.5 Å². The van der Waals surface area contributed by atoms with Crippen LogP contribution in [0.5, 0.6) is 11.5 Å². The minimum atomic E-state index is -0.797. The van der Waals surface area contributed by atoms with Crippen molar-refractivity contribution in [1.29, 1.82) is 0 Å². The lowest BCUT2D eigenvalue weighted by Gasteiger charge is -2.19. The lowest BCUT2D eigenvalue weighted by atomic mass is 9.97. The third-order valence-electron chi connectivity index (χ3n) is 3.26. The first-order valence-electron chi connectivity index (χ1n) is 6.59. The smallest absolute Gasteiger partial charge is 0.306 e. The lowest BCUT2D eigenvalue weighted by molar-refractivity contribution is -0.141. The number of aliphatic carboxylic acids is 1. The zero-order valence-electron chi connectivity index (χ0n) is 11.9. The first kappa shape index (κ1) is 15.2. The van der Waals surface area contributed by atoms with E-state index in [4.69, 9.17) is 14.6 Å². The Kier molecular flexibility index (Phi) is 4.28. The van der Waals surface area contributed by atoms with Gasteiger partial charge in [-0.25, -0.2) is 0 Å². The predicted octanol–water partition coefficient (Wildman–Crippen LogP) is 3.51.